The molecule has 0 saturated heterocycles. The van der Waals surface area contributed by atoms with E-state index in [1.807, 2.05) is 11.3 Å². The molecule has 3 heteroatoms. The Morgan fingerprint density at radius 3 is 1.90 bits per heavy atom. The van der Waals surface area contributed by atoms with Crippen molar-refractivity contribution >= 4 is 64.3 Å². The van der Waals surface area contributed by atoms with Crippen molar-refractivity contribution in [2.24, 2.45) is 0 Å². The van der Waals surface area contributed by atoms with E-state index in [0.29, 0.717) is 0 Å². The van der Waals surface area contributed by atoms with Crippen LogP contribution in [0.2, 0.25) is 0 Å². The molecule has 9 aromatic rings. The fourth-order valence-electron chi connectivity index (χ4n) is 6.55. The van der Waals surface area contributed by atoms with Gasteiger partial charge in [0.05, 0.1) is 11.0 Å². The van der Waals surface area contributed by atoms with Crippen molar-refractivity contribution < 1.29 is 0 Å². The maximum atomic E-state index is 2.48. The van der Waals surface area contributed by atoms with Crippen LogP contribution in [-0.2, 0) is 0 Å². The summed E-state index contributed by atoms with van der Waals surface area (Å²) in [5.74, 6) is 0. The molecule has 0 amide bonds. The summed E-state index contributed by atoms with van der Waals surface area (Å²) in [5.41, 5.74) is 7.34. The molecule has 0 fully saturated rings. The van der Waals surface area contributed by atoms with Crippen LogP contribution >= 0.6 is 11.3 Å². The first-order valence-corrected chi connectivity index (χ1v) is 14.8. The molecule has 0 bridgehead atoms. The average Bonchev–Trinajstić information content (AvgIpc) is 3.67. The Hall–Kier alpha value is -5.12. The monoisotopic (exact) mass is 540 g/mol. The van der Waals surface area contributed by atoms with E-state index in [4.69, 9.17) is 0 Å². The summed E-state index contributed by atoms with van der Waals surface area (Å²) >= 11 is 1.89. The first-order chi connectivity index (χ1) is 20.4. The Morgan fingerprint density at radius 2 is 1.05 bits per heavy atom. The Labute approximate surface area is 240 Å². The van der Waals surface area contributed by atoms with E-state index >= 15 is 0 Å². The zero-order valence-corrected chi connectivity index (χ0v) is 23.0. The quantitative estimate of drug-likeness (QED) is 0.211. The highest BCUT2D eigenvalue weighted by Gasteiger charge is 2.24. The van der Waals surface area contributed by atoms with Gasteiger partial charge in [-0.1, -0.05) is 127 Å². The van der Waals surface area contributed by atoms with Crippen molar-refractivity contribution in [3.8, 4) is 22.5 Å². The Morgan fingerprint density at radius 1 is 0.415 bits per heavy atom. The lowest BCUT2D eigenvalue weighted by atomic mass is 10.0. The Kier molecular flexibility index (Phi) is 4.80. The van der Waals surface area contributed by atoms with Gasteiger partial charge in [-0.2, -0.15) is 0 Å². The summed E-state index contributed by atoms with van der Waals surface area (Å²) in [6.45, 7) is 0. The second-order valence-electron chi connectivity index (χ2n) is 10.6. The third-order valence-electron chi connectivity index (χ3n) is 8.31. The summed E-state index contributed by atoms with van der Waals surface area (Å²) in [7, 11) is 0. The van der Waals surface area contributed by atoms with Crippen LogP contribution in [0.25, 0.3) is 75.5 Å². The molecule has 0 radical (unpaired) electrons. The summed E-state index contributed by atoms with van der Waals surface area (Å²) < 4.78 is 4.95. The molecule has 0 N–H and O–H groups in total. The van der Waals surface area contributed by atoms with Crippen molar-refractivity contribution in [3.63, 3.8) is 0 Å². The SMILES string of the molecule is c1ccc(-c2cccc(-n3c4ccccc4c4c5c6ccc7ccccc7c6n(-c6ccccc6)c5sc43)c2)cc1. The largest absolute Gasteiger partial charge is 0.301 e. The van der Waals surface area contributed by atoms with Crippen molar-refractivity contribution in [2.45, 2.75) is 0 Å². The standard InChI is InChI=1S/C38H24N2S/c1-3-12-25(13-4-1)27-15-11-18-29(24-27)39-33-21-10-9-20-31(33)34-35-32-23-22-26-14-7-8-19-30(26)36(32)40(38(35)41-37(34)39)28-16-5-2-6-17-28/h1-24H. The van der Waals surface area contributed by atoms with Gasteiger partial charge >= 0.3 is 0 Å². The van der Waals surface area contributed by atoms with Crippen LogP contribution in [0.5, 0.6) is 0 Å². The van der Waals surface area contributed by atoms with Crippen LogP contribution in [0.15, 0.2) is 146 Å². The number of para-hydroxylation sites is 2. The normalized spacial score (nSPS) is 11.9. The molecule has 3 heterocycles. The number of hydrogen-bond acceptors (Lipinski definition) is 1. The number of nitrogens with zero attached hydrogens (tertiary/aromatic N) is 2. The Bertz CT molecular complexity index is 2410. The molecular formula is C38H24N2S. The lowest BCUT2D eigenvalue weighted by molar-refractivity contribution is 1.19. The number of fused-ring (bicyclic) bond motifs is 9. The maximum absolute atomic E-state index is 2.48. The predicted molar refractivity (Wildman–Crippen MR) is 176 cm³/mol. The number of benzene rings is 6. The maximum Gasteiger partial charge on any atom is 0.111 e. The topological polar surface area (TPSA) is 9.86 Å². The lowest BCUT2D eigenvalue weighted by Gasteiger charge is -2.10. The van der Waals surface area contributed by atoms with E-state index in [1.54, 1.807) is 0 Å². The molecule has 0 unspecified atom stereocenters. The minimum Gasteiger partial charge on any atom is -0.301 e. The smallest absolute Gasteiger partial charge is 0.111 e. The van der Waals surface area contributed by atoms with Gasteiger partial charge in [-0.25, -0.2) is 0 Å². The van der Waals surface area contributed by atoms with Gasteiger partial charge in [0.15, 0.2) is 0 Å². The summed E-state index contributed by atoms with van der Waals surface area (Å²) in [5, 5.41) is 7.81. The molecule has 0 aliphatic rings. The van der Waals surface area contributed by atoms with Crippen molar-refractivity contribution in [1.82, 2.24) is 9.13 Å². The lowest BCUT2D eigenvalue weighted by Crippen LogP contribution is -1.94. The van der Waals surface area contributed by atoms with Gasteiger partial charge in [0.1, 0.15) is 9.66 Å². The van der Waals surface area contributed by atoms with Crippen LogP contribution in [0.3, 0.4) is 0 Å². The van der Waals surface area contributed by atoms with Gasteiger partial charge in [-0.05, 0) is 46.8 Å². The van der Waals surface area contributed by atoms with E-state index in [-0.39, 0.29) is 0 Å². The third kappa shape index (κ3) is 3.24. The number of hydrogen-bond donors (Lipinski definition) is 0. The number of rotatable bonds is 3. The van der Waals surface area contributed by atoms with Crippen LogP contribution in [0.1, 0.15) is 0 Å². The van der Waals surface area contributed by atoms with Gasteiger partial charge in [-0.15, -0.1) is 0 Å². The molecule has 192 valence electrons. The van der Waals surface area contributed by atoms with Gasteiger partial charge in [0, 0.05) is 38.3 Å². The van der Waals surface area contributed by atoms with Gasteiger partial charge in [0.25, 0.3) is 0 Å². The van der Waals surface area contributed by atoms with Crippen LogP contribution in [0.4, 0.5) is 0 Å². The minimum atomic E-state index is 1.18. The summed E-state index contributed by atoms with van der Waals surface area (Å²) in [6.07, 6.45) is 0. The molecular weight excluding hydrogens is 516 g/mol. The van der Waals surface area contributed by atoms with E-state index < -0.39 is 0 Å². The molecule has 3 aromatic heterocycles. The van der Waals surface area contributed by atoms with Crippen molar-refractivity contribution in [2.75, 3.05) is 0 Å². The number of thiophene rings is 1. The first-order valence-electron chi connectivity index (χ1n) is 14.0. The molecule has 2 nitrogen and oxygen atoms in total. The Balaban J connectivity index is 1.45. The molecule has 0 aliphatic carbocycles. The van der Waals surface area contributed by atoms with E-state index in [1.165, 1.54) is 75.5 Å². The van der Waals surface area contributed by atoms with Gasteiger partial charge in [-0.3, -0.25) is 0 Å². The van der Waals surface area contributed by atoms with E-state index in [9.17, 15) is 0 Å². The first kappa shape index (κ1) is 22.7. The number of aromatic nitrogens is 2. The molecule has 9 rings (SSSR count). The molecule has 0 atom stereocenters. The summed E-state index contributed by atoms with van der Waals surface area (Å²) in [6, 6.07) is 52.6. The van der Waals surface area contributed by atoms with Crippen molar-refractivity contribution in [3.05, 3.63) is 146 Å². The molecule has 0 spiro atoms. The predicted octanol–water partition coefficient (Wildman–Crippen LogP) is 10.8. The molecule has 0 aliphatic heterocycles. The van der Waals surface area contributed by atoms with Crippen LogP contribution < -0.4 is 0 Å². The fourth-order valence-corrected chi connectivity index (χ4v) is 7.94. The molecule has 41 heavy (non-hydrogen) atoms. The average molecular weight is 541 g/mol. The van der Waals surface area contributed by atoms with Crippen LogP contribution in [-0.4, -0.2) is 9.13 Å². The zero-order chi connectivity index (χ0) is 26.9. The van der Waals surface area contributed by atoms with Gasteiger partial charge < -0.3 is 9.13 Å². The van der Waals surface area contributed by atoms with Crippen molar-refractivity contribution in [1.29, 1.82) is 0 Å². The highest BCUT2D eigenvalue weighted by Crippen LogP contribution is 2.48. The minimum absolute atomic E-state index is 1.18. The second-order valence-corrected chi connectivity index (χ2v) is 11.6. The molecule has 6 aromatic carbocycles. The molecule has 0 saturated carbocycles. The van der Waals surface area contributed by atoms with Crippen LogP contribution in [0, 0.1) is 0 Å². The second kappa shape index (κ2) is 8.69. The van der Waals surface area contributed by atoms with Gasteiger partial charge in [0.2, 0.25) is 0 Å². The van der Waals surface area contributed by atoms with E-state index in [0.717, 1.165) is 0 Å². The highest BCUT2D eigenvalue weighted by molar-refractivity contribution is 7.25. The fraction of sp³-hybridized carbons (Fsp3) is 0. The summed E-state index contributed by atoms with van der Waals surface area (Å²) in [4.78, 5) is 2.56. The highest BCUT2D eigenvalue weighted by atomic mass is 32.1. The van der Waals surface area contributed by atoms with E-state index in [2.05, 4.69) is 155 Å². The third-order valence-corrected chi connectivity index (χ3v) is 9.47. The zero-order valence-electron chi connectivity index (χ0n) is 22.2.